The number of hydrogen-bond donors (Lipinski definition) is 2. The lowest BCUT2D eigenvalue weighted by molar-refractivity contribution is -0.385. The van der Waals surface area contributed by atoms with E-state index < -0.39 is 29.2 Å². The smallest absolute Gasteiger partial charge is 0.310 e. The highest BCUT2D eigenvalue weighted by molar-refractivity contribution is 6.10. The van der Waals surface area contributed by atoms with Crippen LogP contribution in [-0.2, 0) is 4.79 Å². The van der Waals surface area contributed by atoms with Crippen molar-refractivity contribution in [3.63, 3.8) is 0 Å². The van der Waals surface area contributed by atoms with Crippen molar-refractivity contribution in [3.8, 4) is 5.75 Å². The van der Waals surface area contributed by atoms with Crippen molar-refractivity contribution in [1.82, 2.24) is 0 Å². The minimum atomic E-state index is -0.609. The fourth-order valence-electron chi connectivity index (χ4n) is 2.58. The molecule has 3 aromatic carbocycles. The van der Waals surface area contributed by atoms with E-state index in [4.69, 9.17) is 4.74 Å². The second-order valence-corrected chi connectivity index (χ2v) is 6.07. The van der Waals surface area contributed by atoms with Crippen LogP contribution in [0.25, 0.3) is 0 Å². The molecule has 0 saturated carbocycles. The number of nitrogens with zero attached hydrogens (tertiary/aromatic N) is 1. The van der Waals surface area contributed by atoms with Crippen molar-refractivity contribution >= 4 is 28.9 Å². The molecule has 8 nitrogen and oxygen atoms in total. The molecule has 9 heteroatoms. The highest BCUT2D eigenvalue weighted by Crippen LogP contribution is 2.25. The van der Waals surface area contributed by atoms with Crippen molar-refractivity contribution in [2.24, 2.45) is 0 Å². The molecule has 0 unspecified atom stereocenters. The average Bonchev–Trinajstić information content (AvgIpc) is 2.74. The summed E-state index contributed by atoms with van der Waals surface area (Å²) in [6.07, 6.45) is 0. The standard InChI is InChI=1S/C21H16FN3O5/c22-14-9-11-15(12-10-14)23-21(27)16-5-1-2-6-17(16)24-20(26)13-30-19-8-4-3-7-18(19)25(28)29/h1-12H,13H2,(H,23,27)(H,24,26). The monoisotopic (exact) mass is 409 g/mol. The number of hydrogen-bond acceptors (Lipinski definition) is 5. The van der Waals surface area contributed by atoms with E-state index in [9.17, 15) is 24.1 Å². The van der Waals surface area contributed by atoms with Gasteiger partial charge in [-0.2, -0.15) is 0 Å². The number of ether oxygens (including phenoxy) is 1. The number of para-hydroxylation sites is 3. The summed E-state index contributed by atoms with van der Waals surface area (Å²) in [5.74, 6) is -1.58. The molecule has 0 aliphatic rings. The normalized spacial score (nSPS) is 10.2. The van der Waals surface area contributed by atoms with Gasteiger partial charge >= 0.3 is 5.69 Å². The minimum absolute atomic E-state index is 0.0417. The summed E-state index contributed by atoms with van der Waals surface area (Å²) < 4.78 is 18.3. The Bertz CT molecular complexity index is 1090. The molecule has 152 valence electrons. The van der Waals surface area contributed by atoms with Crippen molar-refractivity contribution in [2.45, 2.75) is 0 Å². The van der Waals surface area contributed by atoms with Gasteiger partial charge in [0.1, 0.15) is 5.82 Å². The maximum Gasteiger partial charge on any atom is 0.310 e. The number of nitro groups is 1. The van der Waals surface area contributed by atoms with Crippen LogP contribution >= 0.6 is 0 Å². The Labute approximate surface area is 170 Å². The fraction of sp³-hybridized carbons (Fsp3) is 0.0476. The van der Waals surface area contributed by atoms with Gasteiger partial charge in [-0.3, -0.25) is 19.7 Å². The number of halogens is 1. The fourth-order valence-corrected chi connectivity index (χ4v) is 2.58. The first-order chi connectivity index (χ1) is 14.4. The van der Waals surface area contributed by atoms with Gasteiger partial charge in [-0.15, -0.1) is 0 Å². The predicted octanol–water partition coefficient (Wildman–Crippen LogP) is 4.00. The summed E-state index contributed by atoms with van der Waals surface area (Å²) in [5.41, 5.74) is 0.542. The molecule has 0 aliphatic carbocycles. The molecule has 0 saturated heterocycles. The first kappa shape index (κ1) is 20.5. The van der Waals surface area contributed by atoms with Crippen LogP contribution in [0.3, 0.4) is 0 Å². The van der Waals surface area contributed by atoms with Gasteiger partial charge < -0.3 is 15.4 Å². The second-order valence-electron chi connectivity index (χ2n) is 6.07. The summed E-state index contributed by atoms with van der Waals surface area (Å²) in [4.78, 5) is 35.2. The third kappa shape index (κ3) is 5.16. The van der Waals surface area contributed by atoms with Crippen LogP contribution in [0.5, 0.6) is 5.75 Å². The third-order valence-electron chi connectivity index (χ3n) is 3.97. The van der Waals surface area contributed by atoms with Gasteiger partial charge in [-0.25, -0.2) is 4.39 Å². The SMILES string of the molecule is O=C(COc1ccccc1[N+](=O)[O-])Nc1ccccc1C(=O)Nc1ccc(F)cc1. The zero-order valence-electron chi connectivity index (χ0n) is 15.5. The molecule has 0 aliphatic heterocycles. The van der Waals surface area contributed by atoms with Gasteiger partial charge in [0.15, 0.2) is 12.4 Å². The van der Waals surface area contributed by atoms with Crippen LogP contribution < -0.4 is 15.4 Å². The first-order valence-corrected chi connectivity index (χ1v) is 8.76. The molecule has 0 bridgehead atoms. The van der Waals surface area contributed by atoms with Crippen LogP contribution in [0.4, 0.5) is 21.5 Å². The van der Waals surface area contributed by atoms with Crippen molar-refractivity contribution in [1.29, 1.82) is 0 Å². The lowest BCUT2D eigenvalue weighted by atomic mass is 10.1. The lowest BCUT2D eigenvalue weighted by Crippen LogP contribution is -2.23. The van der Waals surface area contributed by atoms with Crippen LogP contribution in [0, 0.1) is 15.9 Å². The largest absolute Gasteiger partial charge is 0.477 e. The zero-order valence-corrected chi connectivity index (χ0v) is 15.5. The number of carbonyl (C=O) groups excluding carboxylic acids is 2. The lowest BCUT2D eigenvalue weighted by Gasteiger charge is -2.12. The number of rotatable bonds is 7. The summed E-state index contributed by atoms with van der Waals surface area (Å²) in [7, 11) is 0. The number of nitro benzene ring substituents is 1. The molecule has 3 aromatic rings. The Morgan fingerprint density at radius 3 is 2.33 bits per heavy atom. The molecular weight excluding hydrogens is 393 g/mol. The number of benzene rings is 3. The van der Waals surface area contributed by atoms with Crippen LogP contribution in [0.2, 0.25) is 0 Å². The Morgan fingerprint density at radius 1 is 0.933 bits per heavy atom. The van der Waals surface area contributed by atoms with Crippen molar-refractivity contribution in [2.75, 3.05) is 17.2 Å². The molecule has 0 fully saturated rings. The zero-order chi connectivity index (χ0) is 21.5. The minimum Gasteiger partial charge on any atom is -0.477 e. The summed E-state index contributed by atoms with van der Waals surface area (Å²) in [5, 5.41) is 16.2. The van der Waals surface area contributed by atoms with Crippen LogP contribution in [0.1, 0.15) is 10.4 Å². The van der Waals surface area contributed by atoms with E-state index >= 15 is 0 Å². The molecular formula is C21H16FN3O5. The predicted molar refractivity (Wildman–Crippen MR) is 108 cm³/mol. The maximum atomic E-state index is 13.0. The number of carbonyl (C=O) groups is 2. The first-order valence-electron chi connectivity index (χ1n) is 8.76. The van der Waals surface area contributed by atoms with Crippen LogP contribution in [-0.4, -0.2) is 23.3 Å². The Kier molecular flexibility index (Phi) is 6.33. The van der Waals surface area contributed by atoms with Gasteiger partial charge in [0, 0.05) is 11.8 Å². The summed E-state index contributed by atoms with van der Waals surface area (Å²) in [6, 6.07) is 17.2. The van der Waals surface area contributed by atoms with Gasteiger partial charge in [0.05, 0.1) is 16.2 Å². The highest BCUT2D eigenvalue weighted by atomic mass is 19.1. The summed E-state index contributed by atoms with van der Waals surface area (Å²) >= 11 is 0. The Hall–Kier alpha value is -4.27. The maximum absolute atomic E-state index is 13.0. The molecule has 3 rings (SSSR count). The quantitative estimate of drug-likeness (QED) is 0.453. The van der Waals surface area contributed by atoms with Crippen molar-refractivity contribution in [3.05, 3.63) is 94.3 Å². The van der Waals surface area contributed by atoms with E-state index in [1.165, 1.54) is 54.6 Å². The number of amides is 2. The molecule has 0 atom stereocenters. The van der Waals surface area contributed by atoms with E-state index in [1.54, 1.807) is 18.2 Å². The molecule has 0 aromatic heterocycles. The van der Waals surface area contributed by atoms with Crippen molar-refractivity contribution < 1.29 is 23.6 Å². The average molecular weight is 409 g/mol. The third-order valence-corrected chi connectivity index (χ3v) is 3.97. The van der Waals surface area contributed by atoms with Gasteiger partial charge in [0.25, 0.3) is 11.8 Å². The molecule has 0 heterocycles. The van der Waals surface area contributed by atoms with E-state index in [-0.39, 0.29) is 22.7 Å². The molecule has 30 heavy (non-hydrogen) atoms. The topological polar surface area (TPSA) is 111 Å². The van der Waals surface area contributed by atoms with Gasteiger partial charge in [0.2, 0.25) is 0 Å². The van der Waals surface area contributed by atoms with E-state index in [1.807, 2.05) is 0 Å². The Morgan fingerprint density at radius 2 is 1.60 bits per heavy atom. The molecule has 2 amide bonds. The number of anilines is 2. The Balaban J connectivity index is 1.67. The van der Waals surface area contributed by atoms with Gasteiger partial charge in [-0.05, 0) is 42.5 Å². The summed E-state index contributed by atoms with van der Waals surface area (Å²) in [6.45, 7) is -0.487. The molecule has 0 spiro atoms. The second kappa shape index (κ2) is 9.28. The highest BCUT2D eigenvalue weighted by Gasteiger charge is 2.17. The molecule has 0 radical (unpaired) electrons. The van der Waals surface area contributed by atoms with Gasteiger partial charge in [-0.1, -0.05) is 24.3 Å². The number of nitrogens with one attached hydrogen (secondary N) is 2. The van der Waals surface area contributed by atoms with E-state index in [2.05, 4.69) is 10.6 Å². The molecule has 2 N–H and O–H groups in total. The van der Waals surface area contributed by atoms with E-state index in [0.29, 0.717) is 5.69 Å². The van der Waals surface area contributed by atoms with E-state index in [0.717, 1.165) is 0 Å². The van der Waals surface area contributed by atoms with Crippen LogP contribution in [0.15, 0.2) is 72.8 Å².